The van der Waals surface area contributed by atoms with E-state index in [0.717, 1.165) is 18.7 Å². The summed E-state index contributed by atoms with van der Waals surface area (Å²) >= 11 is 0. The molecule has 0 aliphatic carbocycles. The van der Waals surface area contributed by atoms with Gasteiger partial charge in [0, 0.05) is 19.5 Å². The van der Waals surface area contributed by atoms with Crippen LogP contribution >= 0.6 is 0 Å². The number of rotatable bonds is 5. The molecule has 1 atom stereocenters. The Morgan fingerprint density at radius 1 is 1.28 bits per heavy atom. The van der Waals surface area contributed by atoms with Crippen LogP contribution in [0, 0.1) is 0 Å². The third-order valence-corrected chi connectivity index (χ3v) is 3.33. The number of nitrogens with zero attached hydrogens (tertiary/aromatic N) is 3. The van der Waals surface area contributed by atoms with Crippen LogP contribution in [0.5, 0.6) is 0 Å². The Labute approximate surface area is 108 Å². The van der Waals surface area contributed by atoms with Gasteiger partial charge in [0.25, 0.3) is 0 Å². The monoisotopic (exact) mass is 244 g/mol. The normalized spacial score (nSPS) is 12.6. The summed E-state index contributed by atoms with van der Waals surface area (Å²) in [4.78, 5) is 4.27. The Bertz CT molecular complexity index is 487. The van der Waals surface area contributed by atoms with E-state index in [1.807, 2.05) is 18.8 Å². The van der Waals surface area contributed by atoms with Crippen LogP contribution in [0.25, 0.3) is 0 Å². The van der Waals surface area contributed by atoms with E-state index < -0.39 is 0 Å². The van der Waals surface area contributed by atoms with E-state index in [2.05, 4.69) is 46.6 Å². The van der Waals surface area contributed by atoms with E-state index in [0.29, 0.717) is 0 Å². The van der Waals surface area contributed by atoms with Crippen LogP contribution < -0.4 is 5.32 Å². The lowest BCUT2D eigenvalue weighted by molar-refractivity contribution is 0.553. The SMILES string of the molecule is CCc1ccc(C(Cc2ncnn2C)NC)cc1. The van der Waals surface area contributed by atoms with Gasteiger partial charge in [0.1, 0.15) is 12.2 Å². The Hall–Kier alpha value is -1.68. The molecule has 1 aromatic heterocycles. The van der Waals surface area contributed by atoms with E-state index in [1.54, 1.807) is 6.33 Å². The van der Waals surface area contributed by atoms with Crippen LogP contribution in [0.3, 0.4) is 0 Å². The zero-order valence-electron chi connectivity index (χ0n) is 11.2. The summed E-state index contributed by atoms with van der Waals surface area (Å²) in [7, 11) is 3.91. The number of benzene rings is 1. The first-order chi connectivity index (χ1) is 8.74. The van der Waals surface area contributed by atoms with Crippen molar-refractivity contribution in [3.63, 3.8) is 0 Å². The summed E-state index contributed by atoms with van der Waals surface area (Å²) in [5.74, 6) is 0.994. The van der Waals surface area contributed by atoms with Crippen molar-refractivity contribution >= 4 is 0 Å². The first-order valence-electron chi connectivity index (χ1n) is 6.33. The fourth-order valence-electron chi connectivity index (χ4n) is 2.06. The van der Waals surface area contributed by atoms with Crippen molar-refractivity contribution in [2.24, 2.45) is 7.05 Å². The molecule has 4 nitrogen and oxygen atoms in total. The molecule has 2 rings (SSSR count). The minimum Gasteiger partial charge on any atom is -0.313 e. The maximum absolute atomic E-state index is 4.27. The highest BCUT2D eigenvalue weighted by molar-refractivity contribution is 5.25. The Morgan fingerprint density at radius 3 is 2.50 bits per heavy atom. The number of hydrogen-bond donors (Lipinski definition) is 1. The highest BCUT2D eigenvalue weighted by Crippen LogP contribution is 2.17. The molecule has 1 unspecified atom stereocenters. The average Bonchev–Trinajstić information content (AvgIpc) is 2.81. The van der Waals surface area contributed by atoms with Crippen LogP contribution in [0.1, 0.15) is 29.9 Å². The highest BCUT2D eigenvalue weighted by atomic mass is 15.3. The summed E-state index contributed by atoms with van der Waals surface area (Å²) in [6.45, 7) is 2.17. The van der Waals surface area contributed by atoms with Crippen LogP contribution in [-0.4, -0.2) is 21.8 Å². The second kappa shape index (κ2) is 5.78. The smallest absolute Gasteiger partial charge is 0.138 e. The molecule has 0 saturated heterocycles. The molecule has 2 aromatic rings. The lowest BCUT2D eigenvalue weighted by Gasteiger charge is -2.16. The first kappa shape index (κ1) is 12.8. The maximum Gasteiger partial charge on any atom is 0.138 e. The zero-order chi connectivity index (χ0) is 13.0. The molecule has 0 aliphatic heterocycles. The van der Waals surface area contributed by atoms with Crippen molar-refractivity contribution < 1.29 is 0 Å². The standard InChI is InChI=1S/C14H20N4/c1-4-11-5-7-12(8-6-11)13(15-2)9-14-16-10-17-18(14)3/h5-8,10,13,15H,4,9H2,1-3H3. The van der Waals surface area contributed by atoms with Crippen molar-refractivity contribution in [1.29, 1.82) is 0 Å². The lowest BCUT2D eigenvalue weighted by Crippen LogP contribution is -2.20. The van der Waals surface area contributed by atoms with Gasteiger partial charge >= 0.3 is 0 Å². The van der Waals surface area contributed by atoms with Gasteiger partial charge in [-0.3, -0.25) is 4.68 Å². The van der Waals surface area contributed by atoms with Gasteiger partial charge in [0.05, 0.1) is 0 Å². The predicted octanol–water partition coefficient (Wildman–Crippen LogP) is 1.88. The summed E-state index contributed by atoms with van der Waals surface area (Å²) in [6, 6.07) is 9.04. The molecule has 1 aromatic carbocycles. The molecule has 0 bridgehead atoms. The zero-order valence-corrected chi connectivity index (χ0v) is 11.2. The molecule has 96 valence electrons. The number of aromatic nitrogens is 3. The Balaban J connectivity index is 2.15. The molecule has 1 N–H and O–H groups in total. The fourth-order valence-corrected chi connectivity index (χ4v) is 2.06. The van der Waals surface area contributed by atoms with Crippen molar-refractivity contribution in [2.75, 3.05) is 7.05 Å². The van der Waals surface area contributed by atoms with Crippen molar-refractivity contribution in [1.82, 2.24) is 20.1 Å². The Kier molecular flexibility index (Phi) is 4.10. The van der Waals surface area contributed by atoms with Gasteiger partial charge in [0.2, 0.25) is 0 Å². The van der Waals surface area contributed by atoms with E-state index in [4.69, 9.17) is 0 Å². The van der Waals surface area contributed by atoms with E-state index in [9.17, 15) is 0 Å². The van der Waals surface area contributed by atoms with Crippen LogP contribution in [0.2, 0.25) is 0 Å². The largest absolute Gasteiger partial charge is 0.313 e. The number of nitrogens with one attached hydrogen (secondary N) is 1. The van der Waals surface area contributed by atoms with Crippen LogP contribution in [0.4, 0.5) is 0 Å². The molecule has 0 amide bonds. The van der Waals surface area contributed by atoms with Crippen molar-refractivity contribution in [3.05, 3.63) is 47.5 Å². The lowest BCUT2D eigenvalue weighted by atomic mass is 10.0. The van der Waals surface area contributed by atoms with Crippen molar-refractivity contribution in [2.45, 2.75) is 25.8 Å². The average molecular weight is 244 g/mol. The molecule has 0 radical (unpaired) electrons. The molecule has 0 saturated carbocycles. The fraction of sp³-hybridized carbons (Fsp3) is 0.429. The van der Waals surface area contributed by atoms with E-state index >= 15 is 0 Å². The van der Waals surface area contributed by atoms with Gasteiger partial charge in [-0.1, -0.05) is 31.2 Å². The highest BCUT2D eigenvalue weighted by Gasteiger charge is 2.12. The van der Waals surface area contributed by atoms with Crippen LogP contribution in [0.15, 0.2) is 30.6 Å². The first-order valence-corrected chi connectivity index (χ1v) is 6.33. The third kappa shape index (κ3) is 2.76. The maximum atomic E-state index is 4.27. The molecule has 0 aliphatic rings. The molecule has 18 heavy (non-hydrogen) atoms. The molecular weight excluding hydrogens is 224 g/mol. The molecular formula is C14H20N4. The minimum atomic E-state index is 0.277. The van der Waals surface area contributed by atoms with Crippen molar-refractivity contribution in [3.8, 4) is 0 Å². The Morgan fingerprint density at radius 2 is 2.00 bits per heavy atom. The summed E-state index contributed by atoms with van der Waals surface area (Å²) < 4.78 is 1.82. The van der Waals surface area contributed by atoms with E-state index in [-0.39, 0.29) is 6.04 Å². The van der Waals surface area contributed by atoms with Crippen LogP contribution in [-0.2, 0) is 19.9 Å². The molecule has 0 spiro atoms. The molecule has 0 fully saturated rings. The second-order valence-electron chi connectivity index (χ2n) is 4.44. The number of aryl methyl sites for hydroxylation is 2. The van der Waals surface area contributed by atoms with E-state index in [1.165, 1.54) is 11.1 Å². The predicted molar refractivity (Wildman–Crippen MR) is 72.3 cm³/mol. The summed E-state index contributed by atoms with van der Waals surface area (Å²) in [5.41, 5.74) is 2.66. The van der Waals surface area contributed by atoms with Gasteiger partial charge in [-0.2, -0.15) is 5.10 Å². The number of likely N-dealkylation sites (N-methyl/N-ethyl adjacent to an activating group) is 1. The molecule has 1 heterocycles. The van der Waals surface area contributed by atoms with Gasteiger partial charge in [0.15, 0.2) is 0 Å². The molecule has 4 heteroatoms. The van der Waals surface area contributed by atoms with Gasteiger partial charge in [-0.25, -0.2) is 4.98 Å². The third-order valence-electron chi connectivity index (χ3n) is 3.33. The van der Waals surface area contributed by atoms with Gasteiger partial charge in [-0.15, -0.1) is 0 Å². The second-order valence-corrected chi connectivity index (χ2v) is 4.44. The quantitative estimate of drug-likeness (QED) is 0.873. The number of hydrogen-bond acceptors (Lipinski definition) is 3. The van der Waals surface area contributed by atoms with Gasteiger partial charge in [-0.05, 0) is 24.6 Å². The summed E-state index contributed by atoms with van der Waals surface area (Å²) in [5, 5.41) is 7.44. The van der Waals surface area contributed by atoms with Gasteiger partial charge < -0.3 is 5.32 Å². The minimum absolute atomic E-state index is 0.277. The topological polar surface area (TPSA) is 42.7 Å². The summed E-state index contributed by atoms with van der Waals surface area (Å²) in [6.07, 6.45) is 3.52.